The van der Waals surface area contributed by atoms with Crippen molar-refractivity contribution in [1.82, 2.24) is 10.2 Å². The van der Waals surface area contributed by atoms with Gasteiger partial charge in [0.25, 0.3) is 0 Å². The van der Waals surface area contributed by atoms with Crippen LogP contribution in [0, 0.1) is 0 Å². The molecule has 2 N–H and O–H groups in total. The highest BCUT2D eigenvalue weighted by atomic mass is 35.5. The minimum atomic E-state index is -0.331. The molecule has 1 aromatic heterocycles. The molecule has 0 radical (unpaired) electrons. The molecule has 1 saturated carbocycles. The van der Waals surface area contributed by atoms with Gasteiger partial charge in [-0.25, -0.2) is 0 Å². The van der Waals surface area contributed by atoms with Gasteiger partial charge in [-0.2, -0.15) is 0 Å². The normalized spacial score (nSPS) is 26.3. The van der Waals surface area contributed by atoms with Gasteiger partial charge in [-0.15, -0.1) is 10.2 Å². The van der Waals surface area contributed by atoms with E-state index in [1.807, 2.05) is 0 Å². The van der Waals surface area contributed by atoms with E-state index < -0.39 is 0 Å². The molecule has 1 aliphatic heterocycles. The molecule has 0 unspecified atom stereocenters. The first-order chi connectivity index (χ1) is 9.75. The SMILES string of the molecule is O[C@@H]1CCCC[C@H]1Nc1nnc(Cl)c2c1OCCCC2. The summed E-state index contributed by atoms with van der Waals surface area (Å²) in [6, 6.07) is 0.0233. The van der Waals surface area contributed by atoms with Crippen molar-refractivity contribution in [2.24, 2.45) is 0 Å². The number of aliphatic hydroxyl groups is 1. The van der Waals surface area contributed by atoms with E-state index in [1.54, 1.807) is 0 Å². The second kappa shape index (κ2) is 6.14. The number of hydrogen-bond acceptors (Lipinski definition) is 5. The Hall–Kier alpha value is -1.07. The molecular formula is C14H20ClN3O2. The third kappa shape index (κ3) is 2.83. The number of fused-ring (bicyclic) bond motifs is 1. The zero-order valence-corrected chi connectivity index (χ0v) is 12.2. The van der Waals surface area contributed by atoms with Crippen LogP contribution < -0.4 is 10.1 Å². The van der Waals surface area contributed by atoms with E-state index in [4.69, 9.17) is 16.3 Å². The second-order valence-corrected chi connectivity index (χ2v) is 5.91. The van der Waals surface area contributed by atoms with Crippen LogP contribution in [0.1, 0.15) is 44.1 Å². The van der Waals surface area contributed by atoms with Crippen LogP contribution in [0.25, 0.3) is 0 Å². The van der Waals surface area contributed by atoms with Gasteiger partial charge in [0.1, 0.15) is 0 Å². The third-order valence-electron chi connectivity index (χ3n) is 4.10. The van der Waals surface area contributed by atoms with Gasteiger partial charge >= 0.3 is 0 Å². The lowest BCUT2D eigenvalue weighted by Gasteiger charge is -2.29. The van der Waals surface area contributed by atoms with E-state index in [0.29, 0.717) is 17.6 Å². The Morgan fingerprint density at radius 3 is 2.85 bits per heavy atom. The Kier molecular flexibility index (Phi) is 4.27. The van der Waals surface area contributed by atoms with Crippen molar-refractivity contribution in [3.8, 4) is 5.75 Å². The molecule has 0 spiro atoms. The quantitative estimate of drug-likeness (QED) is 0.878. The average molecular weight is 298 g/mol. The minimum absolute atomic E-state index is 0.0233. The molecule has 3 rings (SSSR count). The lowest BCUT2D eigenvalue weighted by molar-refractivity contribution is 0.116. The van der Waals surface area contributed by atoms with E-state index in [9.17, 15) is 5.11 Å². The number of aliphatic hydroxyl groups excluding tert-OH is 1. The van der Waals surface area contributed by atoms with Crippen LogP contribution in [0.15, 0.2) is 0 Å². The summed E-state index contributed by atoms with van der Waals surface area (Å²) in [4.78, 5) is 0. The summed E-state index contributed by atoms with van der Waals surface area (Å²) in [5.41, 5.74) is 0.937. The summed E-state index contributed by atoms with van der Waals surface area (Å²) in [6.07, 6.45) is 6.58. The van der Waals surface area contributed by atoms with Crippen molar-refractivity contribution in [3.05, 3.63) is 10.7 Å². The Labute approximate surface area is 123 Å². The zero-order chi connectivity index (χ0) is 13.9. The molecule has 110 valence electrons. The van der Waals surface area contributed by atoms with Crippen LogP contribution in [-0.2, 0) is 6.42 Å². The molecule has 0 bridgehead atoms. The molecule has 5 nitrogen and oxygen atoms in total. The van der Waals surface area contributed by atoms with Crippen LogP contribution in [0.2, 0.25) is 5.15 Å². The van der Waals surface area contributed by atoms with Gasteiger partial charge in [0.2, 0.25) is 0 Å². The maximum absolute atomic E-state index is 10.1. The number of rotatable bonds is 2. The Morgan fingerprint density at radius 1 is 1.15 bits per heavy atom. The third-order valence-corrected chi connectivity index (χ3v) is 4.40. The first-order valence-corrected chi connectivity index (χ1v) is 7.76. The summed E-state index contributed by atoms with van der Waals surface area (Å²) in [5.74, 6) is 1.34. The van der Waals surface area contributed by atoms with Gasteiger partial charge in [-0.05, 0) is 32.1 Å². The van der Waals surface area contributed by atoms with Crippen LogP contribution in [-0.4, -0.2) is 34.1 Å². The first-order valence-electron chi connectivity index (χ1n) is 7.38. The molecule has 0 saturated heterocycles. The molecule has 2 atom stereocenters. The Morgan fingerprint density at radius 2 is 2.00 bits per heavy atom. The van der Waals surface area contributed by atoms with Crippen LogP contribution in [0.5, 0.6) is 5.75 Å². The number of nitrogens with zero attached hydrogens (tertiary/aromatic N) is 2. The van der Waals surface area contributed by atoms with Crippen LogP contribution in [0.3, 0.4) is 0 Å². The van der Waals surface area contributed by atoms with Gasteiger partial charge in [0.05, 0.1) is 18.8 Å². The number of ether oxygens (including phenoxy) is 1. The highest BCUT2D eigenvalue weighted by molar-refractivity contribution is 6.30. The molecule has 2 heterocycles. The number of nitrogens with one attached hydrogen (secondary N) is 1. The zero-order valence-electron chi connectivity index (χ0n) is 11.4. The number of halogens is 1. The van der Waals surface area contributed by atoms with E-state index in [-0.39, 0.29) is 12.1 Å². The van der Waals surface area contributed by atoms with Gasteiger partial charge in [0.15, 0.2) is 16.7 Å². The monoisotopic (exact) mass is 297 g/mol. The smallest absolute Gasteiger partial charge is 0.191 e. The van der Waals surface area contributed by atoms with Crippen LogP contribution in [0.4, 0.5) is 5.82 Å². The molecule has 0 amide bonds. The lowest BCUT2D eigenvalue weighted by atomic mass is 9.92. The maximum atomic E-state index is 10.1. The van der Waals surface area contributed by atoms with Crippen LogP contribution >= 0.6 is 11.6 Å². The fraction of sp³-hybridized carbons (Fsp3) is 0.714. The molecule has 2 aliphatic rings. The molecule has 0 aromatic carbocycles. The largest absolute Gasteiger partial charge is 0.489 e. The van der Waals surface area contributed by atoms with Crippen molar-refractivity contribution in [2.45, 2.75) is 57.1 Å². The number of hydrogen-bond donors (Lipinski definition) is 2. The van der Waals surface area contributed by atoms with Crippen molar-refractivity contribution < 1.29 is 9.84 Å². The first kappa shape index (κ1) is 13.9. The van der Waals surface area contributed by atoms with E-state index in [1.165, 1.54) is 0 Å². The summed E-state index contributed by atoms with van der Waals surface area (Å²) in [6.45, 7) is 0.678. The number of anilines is 1. The van der Waals surface area contributed by atoms with Gasteiger partial charge in [-0.3, -0.25) is 0 Å². The minimum Gasteiger partial charge on any atom is -0.489 e. The van der Waals surface area contributed by atoms with Crippen molar-refractivity contribution >= 4 is 17.4 Å². The molecule has 6 heteroatoms. The standard InChI is InChI=1S/C14H20ClN3O2/c15-13-9-5-3-4-8-20-12(9)14(18-17-13)16-10-6-1-2-7-11(10)19/h10-11,19H,1-8H2,(H,16,18)/t10-,11-/m1/s1. The van der Waals surface area contributed by atoms with E-state index in [2.05, 4.69) is 15.5 Å². The topological polar surface area (TPSA) is 67.3 Å². The fourth-order valence-corrected chi connectivity index (χ4v) is 3.15. The Bertz CT molecular complexity index is 484. The van der Waals surface area contributed by atoms with E-state index in [0.717, 1.165) is 56.3 Å². The number of aromatic nitrogens is 2. The fourth-order valence-electron chi connectivity index (χ4n) is 2.94. The Balaban J connectivity index is 1.85. The van der Waals surface area contributed by atoms with Gasteiger partial charge in [0, 0.05) is 5.56 Å². The van der Waals surface area contributed by atoms with Crippen molar-refractivity contribution in [1.29, 1.82) is 0 Å². The van der Waals surface area contributed by atoms with Gasteiger partial charge in [-0.1, -0.05) is 24.4 Å². The predicted molar refractivity (Wildman–Crippen MR) is 77.4 cm³/mol. The highest BCUT2D eigenvalue weighted by Gasteiger charge is 2.26. The summed E-state index contributed by atoms with van der Waals surface area (Å²) < 4.78 is 5.81. The molecular weight excluding hydrogens is 278 g/mol. The van der Waals surface area contributed by atoms with Crippen molar-refractivity contribution in [2.75, 3.05) is 11.9 Å². The summed E-state index contributed by atoms with van der Waals surface area (Å²) >= 11 is 6.13. The molecule has 1 aliphatic carbocycles. The van der Waals surface area contributed by atoms with Gasteiger partial charge < -0.3 is 15.2 Å². The lowest BCUT2D eigenvalue weighted by Crippen LogP contribution is -2.36. The van der Waals surface area contributed by atoms with Crippen molar-refractivity contribution in [3.63, 3.8) is 0 Å². The maximum Gasteiger partial charge on any atom is 0.191 e. The average Bonchev–Trinajstić information content (AvgIpc) is 2.71. The molecule has 1 aromatic rings. The highest BCUT2D eigenvalue weighted by Crippen LogP contribution is 2.35. The summed E-state index contributed by atoms with van der Waals surface area (Å²) in [7, 11) is 0. The van der Waals surface area contributed by atoms with E-state index >= 15 is 0 Å². The summed E-state index contributed by atoms with van der Waals surface area (Å²) in [5, 5.41) is 21.9. The predicted octanol–water partition coefficient (Wildman–Crippen LogP) is 2.56. The second-order valence-electron chi connectivity index (χ2n) is 5.56. The molecule has 1 fully saturated rings. The molecule has 20 heavy (non-hydrogen) atoms.